The highest BCUT2D eigenvalue weighted by atomic mass is 32.2. The van der Waals surface area contributed by atoms with Crippen molar-refractivity contribution in [3.05, 3.63) is 53.9 Å². The van der Waals surface area contributed by atoms with Gasteiger partial charge >= 0.3 is 0 Å². The third-order valence-electron chi connectivity index (χ3n) is 4.18. The van der Waals surface area contributed by atoms with Crippen molar-refractivity contribution in [1.82, 2.24) is 14.8 Å². The highest BCUT2D eigenvalue weighted by molar-refractivity contribution is 7.93. The van der Waals surface area contributed by atoms with Crippen molar-refractivity contribution in [3.63, 3.8) is 0 Å². The van der Waals surface area contributed by atoms with Gasteiger partial charge in [0.25, 0.3) is 0 Å². The number of nitrogens with one attached hydrogen (secondary N) is 1. The number of pyridine rings is 1. The molecule has 0 saturated heterocycles. The minimum Gasteiger partial charge on any atom is -0.493 e. The van der Waals surface area contributed by atoms with Gasteiger partial charge in [0.2, 0.25) is 15.9 Å². The van der Waals surface area contributed by atoms with Gasteiger partial charge in [-0.1, -0.05) is 12.1 Å². The molecule has 2 aromatic heterocycles. The van der Waals surface area contributed by atoms with Gasteiger partial charge in [-0.2, -0.15) is 15.0 Å². The Balaban J connectivity index is 1.94. The molecule has 0 aliphatic carbocycles. The molecule has 9 heteroatoms. The summed E-state index contributed by atoms with van der Waals surface area (Å²) in [7, 11) is -3.47. The number of nitriles is 1. The highest BCUT2D eigenvalue weighted by Crippen LogP contribution is 2.34. The lowest BCUT2D eigenvalue weighted by Crippen LogP contribution is -2.22. The molecule has 0 saturated carbocycles. The van der Waals surface area contributed by atoms with Crippen molar-refractivity contribution in [1.29, 1.82) is 5.26 Å². The lowest BCUT2D eigenvalue weighted by molar-refractivity contribution is 0.433. The number of rotatable bonds is 5. The summed E-state index contributed by atoms with van der Waals surface area (Å²) in [6, 6.07) is 12.0. The molecular weight excluding hydrogens is 378 g/mol. The van der Waals surface area contributed by atoms with E-state index in [0.717, 1.165) is 5.56 Å². The number of hydrogen-bond acceptors (Lipinski definition) is 6. The fourth-order valence-electron chi connectivity index (χ4n) is 2.58. The quantitative estimate of drug-likeness (QED) is 0.683. The third kappa shape index (κ3) is 3.68. The van der Waals surface area contributed by atoms with Crippen LogP contribution in [0, 0.1) is 18.3 Å². The van der Waals surface area contributed by atoms with Crippen LogP contribution in [0.5, 0.6) is 5.88 Å². The van der Waals surface area contributed by atoms with Crippen molar-refractivity contribution >= 4 is 15.7 Å². The summed E-state index contributed by atoms with van der Waals surface area (Å²) in [5.74, 6) is 0.248. The van der Waals surface area contributed by atoms with Crippen molar-refractivity contribution < 1.29 is 13.5 Å². The first-order valence-electron chi connectivity index (χ1n) is 8.50. The molecule has 3 aromatic rings. The van der Waals surface area contributed by atoms with E-state index >= 15 is 0 Å². The monoisotopic (exact) mass is 397 g/mol. The first-order valence-corrected chi connectivity index (χ1v) is 10.0. The van der Waals surface area contributed by atoms with Crippen LogP contribution in [0.15, 0.2) is 42.6 Å². The Kier molecular flexibility index (Phi) is 5.07. The molecule has 8 nitrogen and oxygen atoms in total. The number of sulfonamides is 1. The Labute approximate surface area is 163 Å². The van der Waals surface area contributed by atoms with Gasteiger partial charge in [-0.05, 0) is 50.6 Å². The largest absolute Gasteiger partial charge is 0.493 e. The van der Waals surface area contributed by atoms with Crippen molar-refractivity contribution in [2.24, 2.45) is 0 Å². The topological polar surface area (TPSA) is 121 Å². The van der Waals surface area contributed by atoms with E-state index in [1.807, 2.05) is 0 Å². The molecule has 0 unspecified atom stereocenters. The number of hydrogen-bond donors (Lipinski definition) is 2. The SMILES string of the molecule is Cc1nn(-c2ccc(NS(=O)(=O)C(C)C)cn2)c(O)c1-c1ccc(C#N)cc1. The van der Waals surface area contributed by atoms with Gasteiger partial charge in [0.1, 0.15) is 0 Å². The Morgan fingerprint density at radius 3 is 2.39 bits per heavy atom. The van der Waals surface area contributed by atoms with E-state index < -0.39 is 15.3 Å². The minimum absolute atomic E-state index is 0.0924. The van der Waals surface area contributed by atoms with Crippen LogP contribution in [0.25, 0.3) is 16.9 Å². The Bertz CT molecular complexity index is 1140. The number of aromatic hydroxyl groups is 1. The first-order chi connectivity index (χ1) is 13.2. The van der Waals surface area contributed by atoms with Gasteiger partial charge in [0.05, 0.1) is 40.0 Å². The van der Waals surface area contributed by atoms with Crippen LogP contribution in [0.4, 0.5) is 5.69 Å². The summed E-state index contributed by atoms with van der Waals surface area (Å²) >= 11 is 0. The van der Waals surface area contributed by atoms with Gasteiger partial charge in [-0.3, -0.25) is 4.72 Å². The van der Waals surface area contributed by atoms with Gasteiger partial charge in [0.15, 0.2) is 5.82 Å². The van der Waals surface area contributed by atoms with Crippen LogP contribution in [0.1, 0.15) is 25.1 Å². The van der Waals surface area contributed by atoms with Gasteiger partial charge in [-0.15, -0.1) is 0 Å². The maximum atomic E-state index is 11.9. The number of anilines is 1. The van der Waals surface area contributed by atoms with Gasteiger partial charge < -0.3 is 5.11 Å². The molecule has 0 spiro atoms. The first kappa shape index (κ1) is 19.4. The van der Waals surface area contributed by atoms with Crippen molar-refractivity contribution in [2.75, 3.05) is 4.72 Å². The molecule has 28 heavy (non-hydrogen) atoms. The lowest BCUT2D eigenvalue weighted by atomic mass is 10.0. The number of nitrogens with zero attached hydrogens (tertiary/aromatic N) is 4. The fraction of sp³-hybridized carbons (Fsp3) is 0.211. The van der Waals surface area contributed by atoms with E-state index in [9.17, 15) is 13.5 Å². The smallest absolute Gasteiger partial charge is 0.235 e. The molecule has 0 fully saturated rings. The van der Waals surface area contributed by atoms with Crippen LogP contribution >= 0.6 is 0 Å². The van der Waals surface area contributed by atoms with E-state index in [0.29, 0.717) is 28.3 Å². The fourth-order valence-corrected chi connectivity index (χ4v) is 3.26. The van der Waals surface area contributed by atoms with Crippen LogP contribution < -0.4 is 4.72 Å². The molecule has 0 bridgehead atoms. The van der Waals surface area contributed by atoms with Crippen LogP contribution in [-0.4, -0.2) is 33.5 Å². The van der Waals surface area contributed by atoms with E-state index in [-0.39, 0.29) is 5.88 Å². The number of aromatic nitrogens is 3. The summed E-state index contributed by atoms with van der Waals surface area (Å²) in [6.45, 7) is 4.92. The third-order valence-corrected chi connectivity index (χ3v) is 5.95. The second-order valence-corrected chi connectivity index (χ2v) is 8.72. The molecule has 3 rings (SSSR count). The summed E-state index contributed by atoms with van der Waals surface area (Å²) in [6.07, 6.45) is 1.37. The average molecular weight is 397 g/mol. The zero-order chi connectivity index (χ0) is 20.5. The minimum atomic E-state index is -3.47. The van der Waals surface area contributed by atoms with Crippen molar-refractivity contribution in [3.8, 4) is 28.9 Å². The van der Waals surface area contributed by atoms with Crippen LogP contribution in [0.2, 0.25) is 0 Å². The van der Waals surface area contributed by atoms with Gasteiger partial charge in [-0.25, -0.2) is 13.4 Å². The molecule has 0 radical (unpaired) electrons. The Morgan fingerprint density at radius 1 is 1.18 bits per heavy atom. The molecule has 144 valence electrons. The summed E-state index contributed by atoms with van der Waals surface area (Å²) in [5, 5.41) is 23.3. The Hall–Kier alpha value is -3.38. The summed E-state index contributed by atoms with van der Waals surface area (Å²) in [4.78, 5) is 4.20. The molecule has 0 aliphatic heterocycles. The zero-order valence-electron chi connectivity index (χ0n) is 15.6. The molecule has 0 aliphatic rings. The van der Waals surface area contributed by atoms with Crippen LogP contribution in [-0.2, 0) is 10.0 Å². The summed E-state index contributed by atoms with van der Waals surface area (Å²) in [5.41, 5.74) is 2.70. The Morgan fingerprint density at radius 2 is 1.86 bits per heavy atom. The number of benzene rings is 1. The standard InChI is InChI=1S/C19H19N5O3S/c1-12(2)28(26,27)23-16-8-9-17(21-11-16)24-19(25)18(13(3)22-24)15-6-4-14(10-20)5-7-15/h4-9,11-12,23,25H,1-3H3. The summed E-state index contributed by atoms with van der Waals surface area (Å²) < 4.78 is 27.6. The van der Waals surface area contributed by atoms with E-state index in [1.165, 1.54) is 10.9 Å². The second-order valence-electron chi connectivity index (χ2n) is 6.49. The van der Waals surface area contributed by atoms with Crippen molar-refractivity contribution in [2.45, 2.75) is 26.0 Å². The second kappa shape index (κ2) is 7.32. The highest BCUT2D eigenvalue weighted by Gasteiger charge is 2.19. The van der Waals surface area contributed by atoms with Gasteiger partial charge in [0, 0.05) is 0 Å². The maximum Gasteiger partial charge on any atom is 0.235 e. The molecule has 2 heterocycles. The molecule has 2 N–H and O–H groups in total. The predicted octanol–water partition coefficient (Wildman–Crippen LogP) is 2.97. The maximum absolute atomic E-state index is 11.9. The zero-order valence-corrected chi connectivity index (χ0v) is 16.4. The number of aryl methyl sites for hydroxylation is 1. The van der Waals surface area contributed by atoms with E-state index in [4.69, 9.17) is 5.26 Å². The normalized spacial score (nSPS) is 11.4. The molecular formula is C19H19N5O3S. The van der Waals surface area contributed by atoms with E-state index in [2.05, 4.69) is 20.9 Å². The molecule has 1 aromatic carbocycles. The van der Waals surface area contributed by atoms with Crippen LogP contribution in [0.3, 0.4) is 0 Å². The lowest BCUT2D eigenvalue weighted by Gasteiger charge is -2.11. The van der Waals surface area contributed by atoms with E-state index in [1.54, 1.807) is 57.2 Å². The molecule has 0 amide bonds. The predicted molar refractivity (Wildman–Crippen MR) is 106 cm³/mol. The molecule has 0 atom stereocenters. The average Bonchev–Trinajstić information content (AvgIpc) is 2.96.